The molecule has 1 N–H and O–H groups in total. The SMILES string of the molecule is Cc1ncsc1CCSc1nc(C)c(C(=O)O)s1. The quantitative estimate of drug-likeness (QED) is 0.859. The number of thiazole rings is 2. The van der Waals surface area contributed by atoms with Gasteiger partial charge in [0.05, 0.1) is 16.9 Å². The highest BCUT2D eigenvalue weighted by atomic mass is 32.2. The first-order valence-corrected chi connectivity index (χ1v) is 7.98. The Balaban J connectivity index is 1.93. The van der Waals surface area contributed by atoms with Crippen molar-refractivity contribution >= 4 is 40.4 Å². The highest BCUT2D eigenvalue weighted by Crippen LogP contribution is 2.28. The lowest BCUT2D eigenvalue weighted by atomic mass is 10.3. The van der Waals surface area contributed by atoms with Gasteiger partial charge in [0.25, 0.3) is 0 Å². The van der Waals surface area contributed by atoms with Gasteiger partial charge in [0.1, 0.15) is 4.88 Å². The second kappa shape index (κ2) is 5.81. The van der Waals surface area contributed by atoms with E-state index >= 15 is 0 Å². The third-order valence-electron chi connectivity index (χ3n) is 2.37. The van der Waals surface area contributed by atoms with Crippen LogP contribution in [0.1, 0.15) is 25.9 Å². The van der Waals surface area contributed by atoms with Crippen molar-refractivity contribution in [3.8, 4) is 0 Å². The lowest BCUT2D eigenvalue weighted by molar-refractivity contribution is 0.0701. The number of rotatable bonds is 5. The van der Waals surface area contributed by atoms with E-state index in [1.165, 1.54) is 16.2 Å². The molecule has 0 fully saturated rings. The van der Waals surface area contributed by atoms with Crippen molar-refractivity contribution in [1.82, 2.24) is 9.97 Å². The van der Waals surface area contributed by atoms with Crippen LogP contribution in [0.3, 0.4) is 0 Å². The van der Waals surface area contributed by atoms with Gasteiger partial charge >= 0.3 is 5.97 Å². The predicted molar refractivity (Wildman–Crippen MR) is 75.1 cm³/mol. The number of thioether (sulfide) groups is 1. The molecule has 2 heterocycles. The van der Waals surface area contributed by atoms with Crippen molar-refractivity contribution in [2.24, 2.45) is 0 Å². The summed E-state index contributed by atoms with van der Waals surface area (Å²) in [5.74, 6) is 0.00448. The van der Waals surface area contributed by atoms with E-state index in [1.54, 1.807) is 30.0 Å². The molecule has 96 valence electrons. The molecule has 0 unspecified atom stereocenters. The van der Waals surface area contributed by atoms with E-state index in [2.05, 4.69) is 9.97 Å². The standard InChI is InChI=1S/C11H12N2O2S3/c1-6-8(17-5-12-6)3-4-16-11-13-7(2)9(18-11)10(14)15/h5H,3-4H2,1-2H3,(H,14,15). The number of aryl methyl sites for hydroxylation is 3. The van der Waals surface area contributed by atoms with Gasteiger partial charge in [-0.15, -0.1) is 22.7 Å². The highest BCUT2D eigenvalue weighted by Gasteiger charge is 2.14. The summed E-state index contributed by atoms with van der Waals surface area (Å²) in [5.41, 5.74) is 3.54. The van der Waals surface area contributed by atoms with E-state index in [0.29, 0.717) is 10.6 Å². The van der Waals surface area contributed by atoms with Crippen LogP contribution >= 0.6 is 34.4 Å². The Kier molecular flexibility index (Phi) is 4.36. The van der Waals surface area contributed by atoms with Gasteiger partial charge in [-0.2, -0.15) is 0 Å². The third-order valence-corrected chi connectivity index (χ3v) is 5.66. The molecule has 0 aliphatic heterocycles. The van der Waals surface area contributed by atoms with Crippen molar-refractivity contribution in [3.05, 3.63) is 26.7 Å². The summed E-state index contributed by atoms with van der Waals surface area (Å²) < 4.78 is 0.826. The zero-order valence-corrected chi connectivity index (χ0v) is 12.4. The number of carboxylic acids is 1. The lowest BCUT2D eigenvalue weighted by Crippen LogP contribution is -1.94. The number of hydrogen-bond acceptors (Lipinski definition) is 6. The number of carboxylic acid groups (broad SMARTS) is 1. The monoisotopic (exact) mass is 300 g/mol. The fraction of sp³-hybridized carbons (Fsp3) is 0.364. The molecule has 4 nitrogen and oxygen atoms in total. The lowest BCUT2D eigenvalue weighted by Gasteiger charge is -1.96. The van der Waals surface area contributed by atoms with Crippen molar-refractivity contribution in [2.45, 2.75) is 24.6 Å². The fourth-order valence-electron chi connectivity index (χ4n) is 1.43. The summed E-state index contributed by atoms with van der Waals surface area (Å²) in [6.07, 6.45) is 0.947. The summed E-state index contributed by atoms with van der Waals surface area (Å²) in [4.78, 5) is 21.0. The van der Waals surface area contributed by atoms with Crippen molar-refractivity contribution < 1.29 is 9.90 Å². The van der Waals surface area contributed by atoms with Gasteiger partial charge in [-0.3, -0.25) is 0 Å². The zero-order valence-electron chi connectivity index (χ0n) is 9.97. The second-order valence-corrected chi connectivity index (χ2v) is 6.94. The average molecular weight is 300 g/mol. The van der Waals surface area contributed by atoms with E-state index in [4.69, 9.17) is 5.11 Å². The Labute approximate surface area is 117 Å². The zero-order chi connectivity index (χ0) is 13.1. The topological polar surface area (TPSA) is 63.1 Å². The van der Waals surface area contributed by atoms with Crippen LogP contribution in [0.15, 0.2) is 9.85 Å². The molecule has 2 rings (SSSR count). The van der Waals surface area contributed by atoms with E-state index in [-0.39, 0.29) is 0 Å². The molecule has 0 amide bonds. The molecule has 0 saturated carbocycles. The van der Waals surface area contributed by atoms with Crippen LogP contribution in [0.4, 0.5) is 0 Å². The van der Waals surface area contributed by atoms with Crippen LogP contribution < -0.4 is 0 Å². The van der Waals surface area contributed by atoms with Gasteiger partial charge in [-0.1, -0.05) is 11.8 Å². The van der Waals surface area contributed by atoms with Crippen LogP contribution in [0.5, 0.6) is 0 Å². The van der Waals surface area contributed by atoms with Gasteiger partial charge in [0, 0.05) is 10.6 Å². The number of nitrogens with zero attached hydrogens (tertiary/aromatic N) is 2. The molecule has 0 bridgehead atoms. The molecule has 0 radical (unpaired) electrons. The van der Waals surface area contributed by atoms with Crippen LogP contribution in [0.25, 0.3) is 0 Å². The largest absolute Gasteiger partial charge is 0.477 e. The summed E-state index contributed by atoms with van der Waals surface area (Å²) in [6.45, 7) is 3.74. The number of carbonyl (C=O) groups is 1. The Morgan fingerprint density at radius 2 is 2.22 bits per heavy atom. The molecule has 2 aromatic rings. The fourth-order valence-corrected chi connectivity index (χ4v) is 4.40. The maximum absolute atomic E-state index is 10.9. The van der Waals surface area contributed by atoms with E-state index in [1.807, 2.05) is 12.4 Å². The Morgan fingerprint density at radius 3 is 2.78 bits per heavy atom. The minimum Gasteiger partial charge on any atom is -0.477 e. The van der Waals surface area contributed by atoms with Gasteiger partial charge in [-0.25, -0.2) is 14.8 Å². The second-order valence-electron chi connectivity index (χ2n) is 3.66. The summed E-state index contributed by atoms with van der Waals surface area (Å²) in [7, 11) is 0. The van der Waals surface area contributed by atoms with Crippen LogP contribution in [0.2, 0.25) is 0 Å². The smallest absolute Gasteiger partial charge is 0.347 e. The molecule has 0 aliphatic carbocycles. The Hall–Kier alpha value is -0.920. The van der Waals surface area contributed by atoms with Gasteiger partial charge in [-0.05, 0) is 20.3 Å². The minimum absolute atomic E-state index is 0.339. The molecular weight excluding hydrogens is 288 g/mol. The number of aromatic carboxylic acids is 1. The minimum atomic E-state index is -0.893. The maximum atomic E-state index is 10.9. The molecule has 7 heteroatoms. The molecule has 0 saturated heterocycles. The van der Waals surface area contributed by atoms with Crippen LogP contribution in [0, 0.1) is 13.8 Å². The average Bonchev–Trinajstić information content (AvgIpc) is 2.86. The summed E-state index contributed by atoms with van der Waals surface area (Å²) in [5, 5.41) is 8.95. The van der Waals surface area contributed by atoms with Crippen molar-refractivity contribution in [3.63, 3.8) is 0 Å². The Morgan fingerprint density at radius 1 is 1.44 bits per heavy atom. The molecule has 0 aliphatic rings. The van der Waals surface area contributed by atoms with Crippen molar-refractivity contribution in [1.29, 1.82) is 0 Å². The third kappa shape index (κ3) is 3.09. The van der Waals surface area contributed by atoms with Gasteiger partial charge in [0.2, 0.25) is 0 Å². The predicted octanol–water partition coefficient (Wildman–Crippen LogP) is 3.25. The highest BCUT2D eigenvalue weighted by molar-refractivity contribution is 8.01. The number of hydrogen-bond donors (Lipinski definition) is 1. The van der Waals surface area contributed by atoms with Gasteiger partial charge < -0.3 is 5.11 Å². The van der Waals surface area contributed by atoms with E-state index < -0.39 is 5.97 Å². The Bertz CT molecular complexity index is 562. The van der Waals surface area contributed by atoms with E-state index in [0.717, 1.165) is 22.2 Å². The van der Waals surface area contributed by atoms with Gasteiger partial charge in [0.15, 0.2) is 4.34 Å². The van der Waals surface area contributed by atoms with Crippen LogP contribution in [-0.4, -0.2) is 26.8 Å². The van der Waals surface area contributed by atoms with E-state index in [9.17, 15) is 4.79 Å². The molecule has 18 heavy (non-hydrogen) atoms. The number of aromatic nitrogens is 2. The van der Waals surface area contributed by atoms with Crippen molar-refractivity contribution in [2.75, 3.05) is 5.75 Å². The summed E-state index contributed by atoms with van der Waals surface area (Å²) in [6, 6.07) is 0. The first-order chi connectivity index (χ1) is 8.58. The first-order valence-electron chi connectivity index (χ1n) is 5.30. The molecule has 0 aromatic carbocycles. The molecule has 0 atom stereocenters. The molecular formula is C11H12N2O2S3. The first kappa shape index (κ1) is 13.5. The normalized spacial score (nSPS) is 10.8. The summed E-state index contributed by atoms with van der Waals surface area (Å²) >= 11 is 4.51. The van der Waals surface area contributed by atoms with Crippen LogP contribution in [-0.2, 0) is 6.42 Å². The molecule has 0 spiro atoms. The molecule has 2 aromatic heterocycles. The maximum Gasteiger partial charge on any atom is 0.347 e.